The molecule has 0 saturated heterocycles. The minimum Gasteiger partial charge on any atom is -0.469 e. The zero-order valence-corrected chi connectivity index (χ0v) is 17.1. The topological polar surface area (TPSA) is 100 Å². The Morgan fingerprint density at radius 2 is 1.64 bits per heavy atom. The van der Waals surface area contributed by atoms with E-state index in [0.717, 1.165) is 5.56 Å². The number of hydrogen-bond donors (Lipinski definition) is 1. The van der Waals surface area contributed by atoms with Gasteiger partial charge in [-0.15, -0.1) is 0 Å². The van der Waals surface area contributed by atoms with Gasteiger partial charge in [0, 0.05) is 6.42 Å². The SMILES string of the molecule is COC(=O)CC[C@](COCc1ccccc1)(NC(=O)OC(C)(C)C)C(=O)OC. The van der Waals surface area contributed by atoms with Crippen LogP contribution in [0.2, 0.25) is 0 Å². The largest absolute Gasteiger partial charge is 0.469 e. The van der Waals surface area contributed by atoms with Crippen molar-refractivity contribution < 1.29 is 33.3 Å². The standard InChI is InChI=1S/C20H29NO7/c1-19(2,3)28-18(24)21-20(17(23)26-5,12-11-16(22)25-4)14-27-13-15-9-7-6-8-10-15/h6-10H,11-14H2,1-5H3,(H,21,24)/t20-/m1/s1. The van der Waals surface area contributed by atoms with E-state index in [1.807, 2.05) is 30.3 Å². The van der Waals surface area contributed by atoms with E-state index in [4.69, 9.17) is 14.2 Å². The third-order valence-electron chi connectivity index (χ3n) is 3.76. The van der Waals surface area contributed by atoms with Crippen molar-refractivity contribution in [3.05, 3.63) is 35.9 Å². The Morgan fingerprint density at radius 1 is 1.00 bits per heavy atom. The normalized spacial score (nSPS) is 13.2. The summed E-state index contributed by atoms with van der Waals surface area (Å²) in [7, 11) is 2.44. The Labute approximate surface area is 165 Å². The molecule has 0 saturated carbocycles. The summed E-state index contributed by atoms with van der Waals surface area (Å²) in [5, 5.41) is 2.54. The van der Waals surface area contributed by atoms with Crippen molar-refractivity contribution in [2.75, 3.05) is 20.8 Å². The van der Waals surface area contributed by atoms with Crippen LogP contribution in [0.1, 0.15) is 39.2 Å². The average Bonchev–Trinajstić information content (AvgIpc) is 2.64. The van der Waals surface area contributed by atoms with E-state index in [-0.39, 0.29) is 26.1 Å². The van der Waals surface area contributed by atoms with Gasteiger partial charge in [-0.2, -0.15) is 0 Å². The van der Waals surface area contributed by atoms with Crippen molar-refractivity contribution in [3.8, 4) is 0 Å². The number of hydrogen-bond acceptors (Lipinski definition) is 7. The quantitative estimate of drug-likeness (QED) is 0.507. The molecule has 1 N–H and O–H groups in total. The Hall–Kier alpha value is -2.61. The number of nitrogens with one attached hydrogen (secondary N) is 1. The van der Waals surface area contributed by atoms with E-state index in [2.05, 4.69) is 10.1 Å². The number of alkyl carbamates (subject to hydrolysis) is 1. The number of amides is 1. The minimum atomic E-state index is -1.60. The zero-order valence-electron chi connectivity index (χ0n) is 17.1. The molecule has 8 nitrogen and oxygen atoms in total. The lowest BCUT2D eigenvalue weighted by Gasteiger charge is -2.32. The summed E-state index contributed by atoms with van der Waals surface area (Å²) in [5.41, 5.74) is -1.47. The lowest BCUT2D eigenvalue weighted by atomic mass is 9.94. The molecule has 0 unspecified atom stereocenters. The highest BCUT2D eigenvalue weighted by molar-refractivity contribution is 5.86. The molecule has 0 aromatic heterocycles. The molecule has 8 heteroatoms. The number of methoxy groups -OCH3 is 2. The van der Waals surface area contributed by atoms with Crippen molar-refractivity contribution in [2.45, 2.75) is 51.4 Å². The summed E-state index contributed by atoms with van der Waals surface area (Å²) >= 11 is 0. The summed E-state index contributed by atoms with van der Waals surface area (Å²) in [6.07, 6.45) is -0.998. The monoisotopic (exact) mass is 395 g/mol. The van der Waals surface area contributed by atoms with Crippen LogP contribution in [0.25, 0.3) is 0 Å². The van der Waals surface area contributed by atoms with Crippen molar-refractivity contribution in [1.29, 1.82) is 0 Å². The summed E-state index contributed by atoms with van der Waals surface area (Å²) < 4.78 is 20.5. The third-order valence-corrected chi connectivity index (χ3v) is 3.76. The summed E-state index contributed by atoms with van der Waals surface area (Å²) in [6.45, 7) is 5.12. The number of carbonyl (C=O) groups is 3. The van der Waals surface area contributed by atoms with Crippen LogP contribution >= 0.6 is 0 Å². The number of esters is 2. The summed E-state index contributed by atoms with van der Waals surface area (Å²) in [4.78, 5) is 36.5. The van der Waals surface area contributed by atoms with Gasteiger partial charge in [0.25, 0.3) is 0 Å². The van der Waals surface area contributed by atoms with Crippen LogP contribution in [0, 0.1) is 0 Å². The molecule has 1 aromatic rings. The first-order valence-electron chi connectivity index (χ1n) is 8.90. The first-order chi connectivity index (χ1) is 13.1. The lowest BCUT2D eigenvalue weighted by Crippen LogP contribution is -2.59. The van der Waals surface area contributed by atoms with Crippen molar-refractivity contribution in [1.82, 2.24) is 5.32 Å². The maximum atomic E-state index is 12.6. The first kappa shape index (κ1) is 23.4. The van der Waals surface area contributed by atoms with Crippen LogP contribution in [0.15, 0.2) is 30.3 Å². The van der Waals surface area contributed by atoms with E-state index in [0.29, 0.717) is 0 Å². The van der Waals surface area contributed by atoms with Crippen molar-refractivity contribution >= 4 is 18.0 Å². The zero-order chi connectivity index (χ0) is 21.2. The molecule has 0 bridgehead atoms. The van der Waals surface area contributed by atoms with Crippen molar-refractivity contribution in [3.63, 3.8) is 0 Å². The molecule has 0 heterocycles. The molecule has 0 spiro atoms. The van der Waals surface area contributed by atoms with Crippen LogP contribution in [-0.2, 0) is 35.1 Å². The predicted molar refractivity (Wildman–Crippen MR) is 101 cm³/mol. The van der Waals surface area contributed by atoms with Gasteiger partial charge in [-0.1, -0.05) is 30.3 Å². The third kappa shape index (κ3) is 7.96. The molecule has 1 aromatic carbocycles. The molecule has 0 aliphatic rings. The summed E-state index contributed by atoms with van der Waals surface area (Å²) in [6, 6.07) is 9.35. The lowest BCUT2D eigenvalue weighted by molar-refractivity contribution is -0.153. The highest BCUT2D eigenvalue weighted by Crippen LogP contribution is 2.19. The van der Waals surface area contributed by atoms with E-state index in [1.165, 1.54) is 14.2 Å². The molecule has 1 amide bonds. The molecule has 0 fully saturated rings. The minimum absolute atomic E-state index is 0.0691. The maximum absolute atomic E-state index is 12.6. The Balaban J connectivity index is 2.98. The van der Waals surface area contributed by atoms with Crippen LogP contribution in [-0.4, -0.2) is 50.0 Å². The van der Waals surface area contributed by atoms with E-state index in [1.54, 1.807) is 20.8 Å². The van der Waals surface area contributed by atoms with E-state index >= 15 is 0 Å². The molecular weight excluding hydrogens is 366 g/mol. The van der Waals surface area contributed by atoms with Crippen LogP contribution in [0.4, 0.5) is 4.79 Å². The second kappa shape index (κ2) is 10.7. The Kier molecular flexibility index (Phi) is 8.91. The van der Waals surface area contributed by atoms with Gasteiger partial charge in [0.1, 0.15) is 5.60 Å². The molecule has 0 aliphatic heterocycles. The fourth-order valence-corrected chi connectivity index (χ4v) is 2.41. The van der Waals surface area contributed by atoms with Gasteiger partial charge in [-0.25, -0.2) is 9.59 Å². The van der Waals surface area contributed by atoms with Gasteiger partial charge in [-0.3, -0.25) is 4.79 Å². The molecule has 156 valence electrons. The Morgan fingerprint density at radius 3 is 2.18 bits per heavy atom. The maximum Gasteiger partial charge on any atom is 0.408 e. The Bertz CT molecular complexity index is 654. The van der Waals surface area contributed by atoms with Gasteiger partial charge in [0.05, 0.1) is 27.4 Å². The molecular formula is C20H29NO7. The number of rotatable bonds is 9. The van der Waals surface area contributed by atoms with Crippen LogP contribution in [0.3, 0.4) is 0 Å². The molecule has 0 radical (unpaired) electrons. The summed E-state index contributed by atoms with van der Waals surface area (Å²) in [5.74, 6) is -1.27. The van der Waals surface area contributed by atoms with Gasteiger partial charge in [0.15, 0.2) is 5.54 Å². The smallest absolute Gasteiger partial charge is 0.408 e. The van der Waals surface area contributed by atoms with Crippen LogP contribution < -0.4 is 5.32 Å². The van der Waals surface area contributed by atoms with Crippen LogP contribution in [0.5, 0.6) is 0 Å². The molecule has 1 atom stereocenters. The van der Waals surface area contributed by atoms with Gasteiger partial charge in [-0.05, 0) is 32.8 Å². The predicted octanol–water partition coefficient (Wildman–Crippen LogP) is 2.59. The number of ether oxygens (including phenoxy) is 4. The molecule has 1 rings (SSSR count). The van der Waals surface area contributed by atoms with Gasteiger partial charge >= 0.3 is 18.0 Å². The van der Waals surface area contributed by atoms with Gasteiger partial charge in [0.2, 0.25) is 0 Å². The van der Waals surface area contributed by atoms with Gasteiger partial charge < -0.3 is 24.3 Å². The average molecular weight is 395 g/mol. The van der Waals surface area contributed by atoms with E-state index in [9.17, 15) is 14.4 Å². The first-order valence-corrected chi connectivity index (χ1v) is 8.90. The highest BCUT2D eigenvalue weighted by Gasteiger charge is 2.43. The fraction of sp³-hybridized carbons (Fsp3) is 0.550. The molecule has 0 aliphatic carbocycles. The number of carbonyl (C=O) groups excluding carboxylic acids is 3. The highest BCUT2D eigenvalue weighted by atomic mass is 16.6. The van der Waals surface area contributed by atoms with E-state index < -0.39 is 29.2 Å². The van der Waals surface area contributed by atoms with Crippen molar-refractivity contribution in [2.24, 2.45) is 0 Å². The second-order valence-corrected chi connectivity index (χ2v) is 7.26. The molecule has 28 heavy (non-hydrogen) atoms. The fourth-order valence-electron chi connectivity index (χ4n) is 2.41. The second-order valence-electron chi connectivity index (χ2n) is 7.26. The number of benzene rings is 1.